The average molecular weight is 268 g/mol. The Bertz CT molecular complexity index is 654. The number of benzene rings is 1. The number of carbonyl (C=O) groups is 1. The Morgan fingerprint density at radius 2 is 2.25 bits per heavy atom. The lowest BCUT2D eigenvalue weighted by Crippen LogP contribution is -2.12. The normalized spacial score (nSPS) is 13.2. The van der Waals surface area contributed by atoms with Crippen LogP contribution in [0.1, 0.15) is 11.4 Å². The highest BCUT2D eigenvalue weighted by atomic mass is 16.1. The van der Waals surface area contributed by atoms with Gasteiger partial charge in [0, 0.05) is 30.4 Å². The highest BCUT2D eigenvalue weighted by Crippen LogP contribution is 2.28. The smallest absolute Gasteiger partial charge is 0.228 e. The van der Waals surface area contributed by atoms with Crippen LogP contribution in [-0.4, -0.2) is 29.5 Å². The van der Waals surface area contributed by atoms with Crippen LogP contribution in [0.15, 0.2) is 30.5 Å². The number of hydrogen-bond donors (Lipinski definition) is 2. The lowest BCUT2D eigenvalue weighted by molar-refractivity contribution is -0.115. The lowest BCUT2D eigenvalue weighted by atomic mass is 10.1. The monoisotopic (exact) mass is 268 g/mol. The SMILES string of the molecule is CNCCc1nccc(-c2ccc3c(c2)CC(=O)N3)n1. The summed E-state index contributed by atoms with van der Waals surface area (Å²) < 4.78 is 0. The zero-order valence-electron chi connectivity index (χ0n) is 11.3. The number of amides is 1. The molecule has 3 rings (SSSR count). The van der Waals surface area contributed by atoms with Gasteiger partial charge in [-0.1, -0.05) is 6.07 Å². The molecule has 1 aromatic carbocycles. The Morgan fingerprint density at radius 1 is 1.35 bits per heavy atom. The molecule has 2 aromatic rings. The van der Waals surface area contributed by atoms with Crippen LogP contribution in [0.2, 0.25) is 0 Å². The zero-order valence-corrected chi connectivity index (χ0v) is 11.3. The summed E-state index contributed by atoms with van der Waals surface area (Å²) in [5.74, 6) is 0.876. The number of aromatic nitrogens is 2. The molecule has 5 nitrogen and oxygen atoms in total. The summed E-state index contributed by atoms with van der Waals surface area (Å²) in [5.41, 5.74) is 3.85. The van der Waals surface area contributed by atoms with Crippen LogP contribution in [0.4, 0.5) is 5.69 Å². The van der Waals surface area contributed by atoms with E-state index in [1.807, 2.05) is 31.3 Å². The van der Waals surface area contributed by atoms with Gasteiger partial charge in [-0.05, 0) is 30.8 Å². The first-order valence-electron chi connectivity index (χ1n) is 6.66. The van der Waals surface area contributed by atoms with Crippen molar-refractivity contribution in [3.63, 3.8) is 0 Å². The first-order valence-corrected chi connectivity index (χ1v) is 6.66. The highest BCUT2D eigenvalue weighted by Gasteiger charge is 2.18. The number of carbonyl (C=O) groups excluding carboxylic acids is 1. The molecule has 0 fully saturated rings. The van der Waals surface area contributed by atoms with Gasteiger partial charge in [-0.3, -0.25) is 4.79 Å². The van der Waals surface area contributed by atoms with Crippen LogP contribution in [-0.2, 0) is 17.6 Å². The van der Waals surface area contributed by atoms with E-state index in [1.54, 1.807) is 6.20 Å². The van der Waals surface area contributed by atoms with E-state index in [4.69, 9.17) is 0 Å². The summed E-state index contributed by atoms with van der Waals surface area (Å²) in [7, 11) is 1.91. The number of fused-ring (bicyclic) bond motifs is 1. The Kier molecular flexibility index (Phi) is 3.43. The molecule has 0 unspecified atom stereocenters. The van der Waals surface area contributed by atoms with Crippen LogP contribution in [0, 0.1) is 0 Å². The van der Waals surface area contributed by atoms with E-state index in [9.17, 15) is 4.79 Å². The van der Waals surface area contributed by atoms with E-state index < -0.39 is 0 Å². The van der Waals surface area contributed by atoms with Crippen molar-refractivity contribution >= 4 is 11.6 Å². The van der Waals surface area contributed by atoms with Crippen LogP contribution >= 0.6 is 0 Å². The van der Waals surface area contributed by atoms with Gasteiger partial charge in [-0.2, -0.15) is 0 Å². The minimum absolute atomic E-state index is 0.0505. The number of likely N-dealkylation sites (N-methyl/N-ethyl adjacent to an activating group) is 1. The van der Waals surface area contributed by atoms with Crippen molar-refractivity contribution in [3.05, 3.63) is 41.9 Å². The maximum Gasteiger partial charge on any atom is 0.228 e. The average Bonchev–Trinajstić information content (AvgIpc) is 2.84. The van der Waals surface area contributed by atoms with Crippen molar-refractivity contribution < 1.29 is 4.79 Å². The summed E-state index contributed by atoms with van der Waals surface area (Å²) in [4.78, 5) is 20.2. The van der Waals surface area contributed by atoms with Gasteiger partial charge in [0.25, 0.3) is 0 Å². The van der Waals surface area contributed by atoms with Crippen molar-refractivity contribution in [2.45, 2.75) is 12.8 Å². The highest BCUT2D eigenvalue weighted by molar-refractivity contribution is 5.99. The van der Waals surface area contributed by atoms with Crippen molar-refractivity contribution in [2.75, 3.05) is 18.9 Å². The molecule has 2 heterocycles. The standard InChI is InChI=1S/C15H16N4O/c1-16-6-5-14-17-7-4-13(18-14)10-2-3-12-11(8-10)9-15(20)19-12/h2-4,7-8,16H,5-6,9H2,1H3,(H,19,20). The van der Waals surface area contributed by atoms with Crippen LogP contribution < -0.4 is 10.6 Å². The Hall–Kier alpha value is -2.27. The number of hydrogen-bond acceptors (Lipinski definition) is 4. The largest absolute Gasteiger partial charge is 0.326 e. The van der Waals surface area contributed by atoms with Gasteiger partial charge in [0.15, 0.2) is 0 Å². The fourth-order valence-electron chi connectivity index (χ4n) is 2.31. The van der Waals surface area contributed by atoms with Gasteiger partial charge in [0.2, 0.25) is 5.91 Å². The second kappa shape index (κ2) is 5.38. The molecule has 0 radical (unpaired) electrons. The van der Waals surface area contributed by atoms with E-state index in [0.717, 1.165) is 41.3 Å². The number of anilines is 1. The molecule has 5 heteroatoms. The number of nitrogens with zero attached hydrogens (tertiary/aromatic N) is 2. The molecule has 0 bridgehead atoms. The third kappa shape index (κ3) is 2.53. The van der Waals surface area contributed by atoms with Gasteiger partial charge < -0.3 is 10.6 Å². The molecule has 0 spiro atoms. The van der Waals surface area contributed by atoms with Gasteiger partial charge in [0.1, 0.15) is 5.82 Å². The molecule has 0 atom stereocenters. The predicted octanol–water partition coefficient (Wildman–Crippen LogP) is 1.40. The van der Waals surface area contributed by atoms with Crippen molar-refractivity contribution in [1.29, 1.82) is 0 Å². The van der Waals surface area contributed by atoms with Crippen molar-refractivity contribution in [3.8, 4) is 11.3 Å². The fraction of sp³-hybridized carbons (Fsp3) is 0.267. The molecular formula is C15H16N4O. The van der Waals surface area contributed by atoms with Gasteiger partial charge in [-0.25, -0.2) is 9.97 Å². The van der Waals surface area contributed by atoms with E-state index >= 15 is 0 Å². The number of nitrogens with one attached hydrogen (secondary N) is 2. The minimum Gasteiger partial charge on any atom is -0.326 e. The molecular weight excluding hydrogens is 252 g/mol. The summed E-state index contributed by atoms with van der Waals surface area (Å²) in [5, 5.41) is 5.92. The molecule has 1 amide bonds. The molecule has 1 aliphatic rings. The van der Waals surface area contributed by atoms with E-state index in [2.05, 4.69) is 20.6 Å². The summed E-state index contributed by atoms with van der Waals surface area (Å²) in [6.07, 6.45) is 3.03. The maximum atomic E-state index is 11.4. The Labute approximate surface area is 117 Å². The van der Waals surface area contributed by atoms with Gasteiger partial charge in [-0.15, -0.1) is 0 Å². The van der Waals surface area contributed by atoms with Gasteiger partial charge >= 0.3 is 0 Å². The molecule has 102 valence electrons. The predicted molar refractivity (Wildman–Crippen MR) is 77.4 cm³/mol. The quantitative estimate of drug-likeness (QED) is 0.879. The Morgan fingerprint density at radius 3 is 3.10 bits per heavy atom. The third-order valence-corrected chi connectivity index (χ3v) is 3.33. The minimum atomic E-state index is 0.0505. The van der Waals surface area contributed by atoms with Gasteiger partial charge in [0.05, 0.1) is 12.1 Å². The summed E-state index contributed by atoms with van der Waals surface area (Å²) in [6.45, 7) is 0.853. The molecule has 0 aliphatic carbocycles. The maximum absolute atomic E-state index is 11.4. The van der Waals surface area contributed by atoms with Crippen LogP contribution in [0.5, 0.6) is 0 Å². The van der Waals surface area contributed by atoms with E-state index in [-0.39, 0.29) is 5.91 Å². The van der Waals surface area contributed by atoms with Crippen molar-refractivity contribution in [2.24, 2.45) is 0 Å². The number of rotatable bonds is 4. The van der Waals surface area contributed by atoms with Crippen molar-refractivity contribution in [1.82, 2.24) is 15.3 Å². The third-order valence-electron chi connectivity index (χ3n) is 3.33. The lowest BCUT2D eigenvalue weighted by Gasteiger charge is -2.06. The second-order valence-corrected chi connectivity index (χ2v) is 4.81. The molecule has 1 aromatic heterocycles. The first kappa shape index (κ1) is 12.7. The molecule has 0 saturated carbocycles. The summed E-state index contributed by atoms with van der Waals surface area (Å²) in [6, 6.07) is 7.84. The van der Waals surface area contributed by atoms with Crippen LogP contribution in [0.3, 0.4) is 0 Å². The topological polar surface area (TPSA) is 66.9 Å². The van der Waals surface area contributed by atoms with E-state index in [1.165, 1.54) is 0 Å². The first-order chi connectivity index (χ1) is 9.76. The summed E-state index contributed by atoms with van der Waals surface area (Å²) >= 11 is 0. The zero-order chi connectivity index (χ0) is 13.9. The molecule has 2 N–H and O–H groups in total. The van der Waals surface area contributed by atoms with E-state index in [0.29, 0.717) is 6.42 Å². The fourth-order valence-corrected chi connectivity index (χ4v) is 2.31. The Balaban J connectivity index is 1.89. The molecule has 1 aliphatic heterocycles. The second-order valence-electron chi connectivity index (χ2n) is 4.81. The molecule has 0 saturated heterocycles. The van der Waals surface area contributed by atoms with Crippen LogP contribution in [0.25, 0.3) is 11.3 Å². The molecule has 20 heavy (non-hydrogen) atoms.